The molecule has 64 heavy (non-hydrogen) atoms. The predicted molar refractivity (Wildman–Crippen MR) is 242 cm³/mol. The Bertz CT molecular complexity index is 3000. The largest absolute Gasteiger partial charge is 0.354 e. The molecule has 0 saturated carbocycles. The van der Waals surface area contributed by atoms with Gasteiger partial charge in [-0.25, -0.2) is 0 Å². The number of nitrogens with zero attached hydrogens (tertiary/aromatic N) is 4. The number of fused-ring (bicyclic) bond motifs is 8. The van der Waals surface area contributed by atoms with Crippen molar-refractivity contribution in [3.8, 4) is 0 Å². The molecule has 9 rings (SSSR count). The van der Waals surface area contributed by atoms with Gasteiger partial charge >= 0.3 is 0 Å². The maximum absolute atomic E-state index is 12.6. The maximum atomic E-state index is 12.6. The van der Waals surface area contributed by atoms with E-state index in [1.54, 1.807) is 73.3 Å². The molecular formula is C48H40N12O4. The smallest absolute Gasteiger partial charge is 0.221 e. The molecule has 9 heterocycles. The summed E-state index contributed by atoms with van der Waals surface area (Å²) < 4.78 is 0. The fraction of sp³-hybridized carbons (Fsp3) is 0.0833. The summed E-state index contributed by atoms with van der Waals surface area (Å²) in [6, 6.07) is 29.5. The fourth-order valence-electron chi connectivity index (χ4n) is 7.93. The summed E-state index contributed by atoms with van der Waals surface area (Å²) in [5, 5.41) is 14.3. The summed E-state index contributed by atoms with van der Waals surface area (Å²) in [5.74, 6) is -1.09. The second kappa shape index (κ2) is 16.9. The Morgan fingerprint density at radius 2 is 0.578 bits per heavy atom. The summed E-state index contributed by atoms with van der Waals surface area (Å²) in [7, 11) is 0. The van der Waals surface area contributed by atoms with Gasteiger partial charge < -0.3 is 41.2 Å². The monoisotopic (exact) mass is 848 g/mol. The minimum absolute atomic E-state index is 0.272. The van der Waals surface area contributed by atoms with Crippen LogP contribution < -0.4 is 42.7 Å². The Hall–Kier alpha value is -8.92. The Morgan fingerprint density at radius 1 is 0.344 bits per heavy atom. The second-order valence-electron chi connectivity index (χ2n) is 15.0. The highest BCUT2D eigenvalue weighted by Crippen LogP contribution is 2.32. The normalized spacial score (nSPS) is 12.2. The lowest BCUT2D eigenvalue weighted by atomic mass is 10.1. The van der Waals surface area contributed by atoms with Crippen LogP contribution in [0.2, 0.25) is 0 Å². The van der Waals surface area contributed by atoms with E-state index in [1.807, 2.05) is 48.5 Å². The molecule has 0 unspecified atom stereocenters. The first kappa shape index (κ1) is 40.5. The number of rotatable bonds is 8. The van der Waals surface area contributed by atoms with Crippen LogP contribution in [0.4, 0.5) is 22.7 Å². The van der Waals surface area contributed by atoms with Crippen molar-refractivity contribution < 1.29 is 19.2 Å². The molecule has 0 spiro atoms. The van der Waals surface area contributed by atoms with Crippen molar-refractivity contribution in [1.82, 2.24) is 39.9 Å². The number of anilines is 4. The van der Waals surface area contributed by atoms with Crippen LogP contribution in [0.5, 0.6) is 0 Å². The zero-order valence-corrected chi connectivity index (χ0v) is 35.0. The van der Waals surface area contributed by atoms with Crippen molar-refractivity contribution >= 4 is 68.7 Å². The van der Waals surface area contributed by atoms with Gasteiger partial charge in [-0.05, 0) is 97.1 Å². The molecule has 8 N–H and O–H groups in total. The van der Waals surface area contributed by atoms with Crippen LogP contribution in [-0.2, 0) is 19.2 Å². The summed E-state index contributed by atoms with van der Waals surface area (Å²) in [5.41, 5.74) is 8.83. The molecule has 1 aliphatic heterocycles. The van der Waals surface area contributed by atoms with Crippen LogP contribution in [0.25, 0.3) is 22.3 Å². The summed E-state index contributed by atoms with van der Waals surface area (Å²) in [6.07, 6.45) is 6.63. The van der Waals surface area contributed by atoms with Crippen molar-refractivity contribution in [2.45, 2.75) is 27.7 Å². The Balaban J connectivity index is 1.46. The van der Waals surface area contributed by atoms with Gasteiger partial charge in [0.25, 0.3) is 0 Å². The molecule has 0 saturated heterocycles. The summed E-state index contributed by atoms with van der Waals surface area (Å²) >= 11 is 0. The van der Waals surface area contributed by atoms with Gasteiger partial charge in [0.2, 0.25) is 23.6 Å². The van der Waals surface area contributed by atoms with Crippen molar-refractivity contribution in [3.63, 3.8) is 0 Å². The van der Waals surface area contributed by atoms with Gasteiger partial charge in [0.1, 0.15) is 0 Å². The molecule has 316 valence electrons. The number of aromatic nitrogens is 8. The van der Waals surface area contributed by atoms with Gasteiger partial charge in [0.15, 0.2) is 0 Å². The average molecular weight is 849 g/mol. The van der Waals surface area contributed by atoms with Crippen molar-refractivity contribution in [2.24, 2.45) is 0 Å². The van der Waals surface area contributed by atoms with E-state index in [0.717, 1.165) is 0 Å². The molecule has 16 heteroatoms. The summed E-state index contributed by atoms with van der Waals surface area (Å²) in [4.78, 5) is 84.1. The number of H-pyrrole nitrogens is 4. The third-order valence-corrected chi connectivity index (χ3v) is 10.3. The molecule has 8 aromatic heterocycles. The zero-order valence-electron chi connectivity index (χ0n) is 35.0. The van der Waals surface area contributed by atoms with Crippen LogP contribution in [0, 0.1) is 0 Å². The number of pyridine rings is 4. The van der Waals surface area contributed by atoms with Crippen molar-refractivity contribution in [2.75, 3.05) is 21.3 Å². The number of carbonyl (C=O) groups excluding carboxylic acids is 4. The minimum atomic E-state index is -0.272. The third kappa shape index (κ3) is 7.89. The Labute approximate surface area is 364 Å². The molecule has 0 atom stereocenters. The third-order valence-electron chi connectivity index (χ3n) is 10.3. The minimum Gasteiger partial charge on any atom is -0.354 e. The second-order valence-corrected chi connectivity index (χ2v) is 15.0. The highest BCUT2D eigenvalue weighted by molar-refractivity contribution is 5.97. The first-order valence-electron chi connectivity index (χ1n) is 20.2. The van der Waals surface area contributed by atoms with Crippen LogP contribution in [0.3, 0.4) is 0 Å². The maximum Gasteiger partial charge on any atom is 0.221 e. The van der Waals surface area contributed by atoms with E-state index in [4.69, 9.17) is 19.9 Å². The van der Waals surface area contributed by atoms with E-state index in [9.17, 15) is 19.2 Å². The number of hydrogen-bond donors (Lipinski definition) is 8. The molecule has 1 aliphatic rings. The highest BCUT2D eigenvalue weighted by Gasteiger charge is 2.24. The summed E-state index contributed by atoms with van der Waals surface area (Å²) in [6.45, 7) is 5.75. The van der Waals surface area contributed by atoms with Crippen molar-refractivity contribution in [1.29, 1.82) is 0 Å². The topological polar surface area (TPSA) is 231 Å². The van der Waals surface area contributed by atoms with E-state index >= 15 is 0 Å². The molecule has 4 amide bonds. The first-order chi connectivity index (χ1) is 31.0. The van der Waals surface area contributed by atoms with E-state index in [2.05, 4.69) is 41.2 Å². The SMILES string of the molecule is CC(=O)Nc1cccnc1C1=c2ccc([nH]2)=C(c2ncccc2NC(C)=O)c2ccc([nH]2)C(c2ncccc2NC(C)=O)=c2ccc([nH]2)=C(c2ncccc2NC(C)=O)c2ccc1[nH]2. The lowest BCUT2D eigenvalue weighted by Gasteiger charge is -2.14. The van der Waals surface area contributed by atoms with Crippen LogP contribution in [0.15, 0.2) is 122 Å². The lowest BCUT2D eigenvalue weighted by molar-refractivity contribution is -0.115. The van der Waals surface area contributed by atoms with E-state index in [-0.39, 0.29) is 23.6 Å². The fourth-order valence-corrected chi connectivity index (χ4v) is 7.93. The molecule has 0 aliphatic carbocycles. The quantitative estimate of drug-likeness (QED) is 0.112. The Kier molecular flexibility index (Phi) is 10.7. The zero-order chi connectivity index (χ0) is 44.5. The van der Waals surface area contributed by atoms with E-state index in [0.29, 0.717) is 112 Å². The van der Waals surface area contributed by atoms with E-state index < -0.39 is 0 Å². The molecule has 0 fully saturated rings. The van der Waals surface area contributed by atoms with Crippen molar-refractivity contribution in [3.05, 3.63) is 189 Å². The van der Waals surface area contributed by atoms with Crippen LogP contribution in [-0.4, -0.2) is 63.5 Å². The molecular weight excluding hydrogens is 809 g/mol. The first-order valence-corrected chi connectivity index (χ1v) is 20.2. The van der Waals surface area contributed by atoms with Gasteiger partial charge in [-0.1, -0.05) is 0 Å². The molecule has 0 radical (unpaired) electrons. The number of hydrogen-bond acceptors (Lipinski definition) is 8. The number of amides is 4. The molecule has 8 bridgehead atoms. The standard InChI is InChI=1S/C48H40N12O4/c1-25(61)53-37-9-5-21-49-45(37)41-29-13-15-31(57-29)42(46-38(54-26(2)62)10-6-22-50-46)33-17-19-35(59-33)44(48-40(56-28(4)64)12-8-24-52-48)36-20-18-34(60-36)43(32-16-14-30(41)58-32)47-39(55-27(3)63)11-7-23-51-47/h5-24,57-60H,1-4H3,(H,53,61)(H,54,62)(H,55,63)(H,56,64). The van der Waals surface area contributed by atoms with E-state index in [1.165, 1.54) is 27.7 Å². The van der Waals surface area contributed by atoms with Crippen LogP contribution in [0.1, 0.15) is 73.2 Å². The van der Waals surface area contributed by atoms with Gasteiger partial charge in [-0.2, -0.15) is 0 Å². The van der Waals surface area contributed by atoms with Gasteiger partial charge in [-0.15, -0.1) is 0 Å². The average Bonchev–Trinajstić information content (AvgIpc) is 4.11. The predicted octanol–water partition coefficient (Wildman–Crippen LogP) is 3.72. The molecule has 16 nitrogen and oxygen atoms in total. The van der Waals surface area contributed by atoms with Crippen LogP contribution >= 0.6 is 0 Å². The Morgan fingerprint density at radius 3 is 0.797 bits per heavy atom. The number of nitrogens with one attached hydrogen (secondary N) is 8. The molecule has 0 aromatic carbocycles. The van der Waals surface area contributed by atoms with Gasteiger partial charge in [0, 0.05) is 74.8 Å². The van der Waals surface area contributed by atoms with Gasteiger partial charge in [0.05, 0.1) is 89.7 Å². The highest BCUT2D eigenvalue weighted by atomic mass is 16.2. The lowest BCUT2D eigenvalue weighted by Crippen LogP contribution is -2.21. The number of aromatic amines is 4. The van der Waals surface area contributed by atoms with Gasteiger partial charge in [-0.3, -0.25) is 39.1 Å². The number of carbonyl (C=O) groups is 4. The molecule has 8 aromatic rings.